The third kappa shape index (κ3) is 0.706. The lowest BCUT2D eigenvalue weighted by molar-refractivity contribution is 0.644. The van der Waals surface area contributed by atoms with Crippen LogP contribution in [0.2, 0.25) is 5.02 Å². The molecule has 0 saturated heterocycles. The van der Waals surface area contributed by atoms with Gasteiger partial charge in [-0.15, -0.1) is 0 Å². The zero-order chi connectivity index (χ0) is 7.14. The van der Waals surface area contributed by atoms with Crippen LogP contribution in [0.25, 0.3) is 0 Å². The van der Waals surface area contributed by atoms with E-state index in [1.165, 1.54) is 5.56 Å². The smallest absolute Gasteiger partial charge is 0.188 e. The van der Waals surface area contributed by atoms with E-state index in [1.54, 1.807) is 0 Å². The van der Waals surface area contributed by atoms with Crippen LogP contribution in [0, 0.1) is 0 Å². The first-order valence-electron chi connectivity index (χ1n) is 3.32. The fraction of sp³-hybridized carbons (Fsp3) is 0.250. The number of halogens is 1. The van der Waals surface area contributed by atoms with Crippen molar-refractivity contribution in [3.63, 3.8) is 0 Å². The average Bonchev–Trinajstić information content (AvgIpc) is 2.68. The highest BCUT2D eigenvalue weighted by molar-refractivity contribution is 6.33. The van der Waals surface area contributed by atoms with E-state index in [4.69, 9.17) is 16.3 Å². The molecule has 1 nitrogen and oxygen atoms in total. The van der Waals surface area contributed by atoms with E-state index in [9.17, 15) is 0 Å². The van der Waals surface area contributed by atoms with Gasteiger partial charge in [0.2, 0.25) is 0 Å². The minimum Gasteiger partial charge on any atom is -0.448 e. The number of ether oxygens (including phenoxy) is 1. The van der Waals surface area contributed by atoms with E-state index in [1.807, 2.05) is 12.1 Å². The van der Waals surface area contributed by atoms with Crippen molar-refractivity contribution in [3.8, 4) is 11.5 Å². The van der Waals surface area contributed by atoms with Crippen LogP contribution in [0.3, 0.4) is 0 Å². The Kier molecular flexibility index (Phi) is 1.15. The van der Waals surface area contributed by atoms with Gasteiger partial charge in [-0.1, -0.05) is 24.6 Å². The Morgan fingerprint density at radius 3 is 2.90 bits per heavy atom. The number of hydrogen-bond donors (Lipinski definition) is 0. The fourth-order valence-electron chi connectivity index (χ4n) is 1.05. The van der Waals surface area contributed by atoms with Crippen LogP contribution in [-0.4, -0.2) is 0 Å². The predicted molar refractivity (Wildman–Crippen MR) is 40.9 cm³/mol. The lowest BCUT2D eigenvalue weighted by atomic mass is 10.2. The molecule has 0 spiro atoms. The topological polar surface area (TPSA) is 12.5 Å². The van der Waals surface area contributed by atoms with Crippen LogP contribution in [-0.2, 0) is 6.42 Å². The lowest BCUT2D eigenvalue weighted by Crippen LogP contribution is -1.71. The first kappa shape index (κ1) is 6.05. The summed E-state index contributed by atoms with van der Waals surface area (Å²) in [6.45, 7) is 2.10. The van der Waals surface area contributed by atoms with Crippen LogP contribution in [0.4, 0.5) is 0 Å². The average molecular weight is 155 g/mol. The molecule has 1 aliphatic heterocycles. The molecule has 0 N–H and O–H groups in total. The zero-order valence-corrected chi connectivity index (χ0v) is 6.40. The van der Waals surface area contributed by atoms with Gasteiger partial charge in [0, 0.05) is 0 Å². The van der Waals surface area contributed by atoms with Crippen LogP contribution in [0.1, 0.15) is 12.5 Å². The van der Waals surface area contributed by atoms with Crippen molar-refractivity contribution in [2.45, 2.75) is 13.3 Å². The van der Waals surface area contributed by atoms with Gasteiger partial charge in [0.1, 0.15) is 0 Å². The monoisotopic (exact) mass is 154 g/mol. The van der Waals surface area contributed by atoms with Crippen molar-refractivity contribution in [1.29, 1.82) is 0 Å². The van der Waals surface area contributed by atoms with Crippen LogP contribution >= 0.6 is 11.6 Å². The van der Waals surface area contributed by atoms with Crippen LogP contribution in [0.5, 0.6) is 11.5 Å². The molecule has 0 unspecified atom stereocenters. The van der Waals surface area contributed by atoms with Gasteiger partial charge in [-0.2, -0.15) is 0 Å². The Balaban J connectivity index is 2.53. The highest BCUT2D eigenvalue weighted by Crippen LogP contribution is 2.53. The predicted octanol–water partition coefficient (Wildman–Crippen LogP) is 3.01. The van der Waals surface area contributed by atoms with Gasteiger partial charge in [-0.3, -0.25) is 0 Å². The minimum atomic E-state index is 0.729. The van der Waals surface area contributed by atoms with Crippen LogP contribution in [0.15, 0.2) is 12.1 Å². The number of aryl methyl sites for hydroxylation is 1. The Labute approximate surface area is 64.6 Å². The fourth-order valence-corrected chi connectivity index (χ4v) is 1.24. The molecule has 0 atom stereocenters. The van der Waals surface area contributed by atoms with Crippen molar-refractivity contribution in [2.24, 2.45) is 0 Å². The summed E-state index contributed by atoms with van der Waals surface area (Å²) >= 11 is 5.76. The highest BCUT2D eigenvalue weighted by Gasteiger charge is 2.26. The zero-order valence-electron chi connectivity index (χ0n) is 5.65. The van der Waals surface area contributed by atoms with Crippen molar-refractivity contribution >= 4 is 11.6 Å². The summed E-state index contributed by atoms with van der Waals surface area (Å²) in [5.74, 6) is 1.87. The van der Waals surface area contributed by atoms with E-state index < -0.39 is 0 Å². The summed E-state index contributed by atoms with van der Waals surface area (Å²) in [7, 11) is 0. The molecule has 0 fully saturated rings. The van der Waals surface area contributed by atoms with Gasteiger partial charge in [0.15, 0.2) is 11.5 Å². The molecule has 10 heavy (non-hydrogen) atoms. The molecule has 1 aromatic rings. The van der Waals surface area contributed by atoms with Crippen LogP contribution < -0.4 is 4.74 Å². The van der Waals surface area contributed by atoms with E-state index in [2.05, 4.69) is 6.92 Å². The van der Waals surface area contributed by atoms with Crippen molar-refractivity contribution < 1.29 is 4.74 Å². The number of fused-ring (bicyclic) bond motifs is 1. The summed E-state index contributed by atoms with van der Waals surface area (Å²) in [5, 5.41) is 0.729. The molecule has 0 bridgehead atoms. The molecule has 52 valence electrons. The molecule has 0 saturated carbocycles. The second-order valence-electron chi connectivity index (χ2n) is 2.32. The lowest BCUT2D eigenvalue weighted by Gasteiger charge is -1.87. The summed E-state index contributed by atoms with van der Waals surface area (Å²) in [4.78, 5) is 0. The summed E-state index contributed by atoms with van der Waals surface area (Å²) in [6.07, 6.45) is 1.01. The van der Waals surface area contributed by atoms with E-state index in [0.717, 1.165) is 22.9 Å². The molecule has 1 heterocycles. The maximum Gasteiger partial charge on any atom is 0.188 e. The van der Waals surface area contributed by atoms with Gasteiger partial charge < -0.3 is 4.74 Å². The Morgan fingerprint density at radius 2 is 2.20 bits per heavy atom. The largest absolute Gasteiger partial charge is 0.448 e. The van der Waals surface area contributed by atoms with Gasteiger partial charge in [0.25, 0.3) is 0 Å². The molecule has 0 aliphatic carbocycles. The van der Waals surface area contributed by atoms with E-state index in [0.29, 0.717) is 0 Å². The minimum absolute atomic E-state index is 0.729. The molecule has 0 aromatic heterocycles. The number of benzene rings is 1. The molecule has 0 radical (unpaired) electrons. The van der Waals surface area contributed by atoms with Crippen molar-refractivity contribution in [1.82, 2.24) is 0 Å². The first-order chi connectivity index (χ1) is 4.83. The number of hydrogen-bond acceptors (Lipinski definition) is 1. The second kappa shape index (κ2) is 1.89. The molecular weight excluding hydrogens is 148 g/mol. The molecule has 0 amide bonds. The normalized spacial score (nSPS) is 12.2. The summed E-state index contributed by atoms with van der Waals surface area (Å²) < 4.78 is 5.16. The van der Waals surface area contributed by atoms with E-state index in [-0.39, 0.29) is 0 Å². The summed E-state index contributed by atoms with van der Waals surface area (Å²) in [5.41, 5.74) is 1.25. The molecular formula is C8H7ClO. The first-order valence-corrected chi connectivity index (χ1v) is 3.70. The molecule has 2 heteroatoms. The van der Waals surface area contributed by atoms with Gasteiger partial charge >= 0.3 is 0 Å². The Bertz CT molecular complexity index is 281. The quantitative estimate of drug-likeness (QED) is 0.576. The van der Waals surface area contributed by atoms with E-state index >= 15 is 0 Å². The Hall–Kier alpha value is -0.690. The number of rotatable bonds is 1. The molecule has 2 rings (SSSR count). The second-order valence-corrected chi connectivity index (χ2v) is 2.73. The SMILES string of the molecule is CCc1ccc(Cl)c2c1O2. The van der Waals surface area contributed by atoms with Gasteiger partial charge in [0.05, 0.1) is 5.02 Å². The Morgan fingerprint density at radius 1 is 1.40 bits per heavy atom. The summed E-state index contributed by atoms with van der Waals surface area (Å²) in [6, 6.07) is 3.89. The molecule has 1 aliphatic rings. The third-order valence-corrected chi connectivity index (χ3v) is 1.99. The van der Waals surface area contributed by atoms with Gasteiger partial charge in [-0.05, 0) is 18.1 Å². The molecule has 1 aromatic carbocycles. The van der Waals surface area contributed by atoms with Gasteiger partial charge in [-0.25, -0.2) is 0 Å². The van der Waals surface area contributed by atoms with Crippen molar-refractivity contribution in [3.05, 3.63) is 22.7 Å². The maximum absolute atomic E-state index is 5.76. The maximum atomic E-state index is 5.76. The highest BCUT2D eigenvalue weighted by atomic mass is 35.5. The third-order valence-electron chi connectivity index (χ3n) is 1.69. The van der Waals surface area contributed by atoms with Crippen molar-refractivity contribution in [2.75, 3.05) is 0 Å². The standard InChI is InChI=1S/C8H7ClO/c1-2-5-3-4-6(9)8-7(5)10-8/h3-4H,2H2,1H3.